The van der Waals surface area contributed by atoms with Gasteiger partial charge in [0.05, 0.1) is 30.9 Å². The maximum atomic E-state index is 5.31. The Hall–Kier alpha value is -2.15. The number of hydrogen-bond acceptors (Lipinski definition) is 6. The van der Waals surface area contributed by atoms with Crippen molar-refractivity contribution in [3.05, 3.63) is 17.8 Å². The zero-order chi connectivity index (χ0) is 14.8. The lowest BCUT2D eigenvalue weighted by Crippen LogP contribution is -1.89. The first-order chi connectivity index (χ1) is 10.3. The van der Waals surface area contributed by atoms with E-state index in [-0.39, 0.29) is 0 Å². The number of rotatable bonds is 5. The molecule has 0 saturated carbocycles. The maximum Gasteiger partial charge on any atom is 0.163 e. The lowest BCUT2D eigenvalue weighted by atomic mass is 10.2. The number of aromatic amines is 1. The molecule has 3 aromatic rings. The number of nitrogens with zero attached hydrogens (tertiary/aromatic N) is 3. The topological polar surface area (TPSA) is 72.9 Å². The minimum atomic E-state index is 0.666. The van der Waals surface area contributed by atoms with E-state index in [9.17, 15) is 0 Å². The Bertz CT molecular complexity index is 725. The molecule has 0 unspecified atom stereocenters. The number of fused-ring (bicyclic) bond motifs is 1. The molecule has 110 valence electrons. The summed E-state index contributed by atoms with van der Waals surface area (Å²) in [7, 11) is 3.23. The number of ether oxygens (including phenoxy) is 2. The van der Waals surface area contributed by atoms with E-state index in [4.69, 9.17) is 9.47 Å². The molecule has 21 heavy (non-hydrogen) atoms. The van der Waals surface area contributed by atoms with Crippen molar-refractivity contribution >= 4 is 22.6 Å². The van der Waals surface area contributed by atoms with Gasteiger partial charge in [0.2, 0.25) is 0 Å². The molecule has 0 radical (unpaired) electrons. The fraction of sp³-hybridized carbons (Fsp3) is 0.357. The molecule has 0 aliphatic rings. The summed E-state index contributed by atoms with van der Waals surface area (Å²) < 4.78 is 14.7. The number of hydrogen-bond donors (Lipinski definition) is 1. The van der Waals surface area contributed by atoms with Crippen molar-refractivity contribution in [2.75, 3.05) is 14.2 Å². The largest absolute Gasteiger partial charge is 0.493 e. The molecule has 2 heterocycles. The minimum Gasteiger partial charge on any atom is -0.493 e. The smallest absolute Gasteiger partial charge is 0.163 e. The second-order valence-electron chi connectivity index (χ2n) is 4.61. The number of aryl methyl sites for hydroxylation is 1. The molecule has 2 aromatic heterocycles. The van der Waals surface area contributed by atoms with E-state index in [2.05, 4.69) is 26.5 Å². The second kappa shape index (κ2) is 5.69. The van der Waals surface area contributed by atoms with Crippen LogP contribution in [-0.4, -0.2) is 33.8 Å². The molecule has 6 nitrogen and oxygen atoms in total. The van der Waals surface area contributed by atoms with Crippen molar-refractivity contribution < 1.29 is 9.47 Å². The van der Waals surface area contributed by atoms with Crippen molar-refractivity contribution in [3.63, 3.8) is 0 Å². The number of methoxy groups -OCH3 is 2. The van der Waals surface area contributed by atoms with Crippen LogP contribution in [0.5, 0.6) is 11.5 Å². The average molecular weight is 304 g/mol. The summed E-state index contributed by atoms with van der Waals surface area (Å²) in [5, 5.41) is 4.18. The van der Waals surface area contributed by atoms with Crippen LogP contribution < -0.4 is 9.47 Å². The molecule has 0 bridgehead atoms. The van der Waals surface area contributed by atoms with Gasteiger partial charge >= 0.3 is 0 Å². The Morgan fingerprint density at radius 3 is 2.67 bits per heavy atom. The third-order valence-electron chi connectivity index (χ3n) is 3.24. The first-order valence-electron chi connectivity index (χ1n) is 6.70. The van der Waals surface area contributed by atoms with Gasteiger partial charge in [-0.1, -0.05) is 17.8 Å². The SMILES string of the molecule is CCCc1nnsc1-c1nc2cc(OC)c(OC)cc2[nH]1. The molecule has 1 N–H and O–H groups in total. The van der Waals surface area contributed by atoms with Crippen molar-refractivity contribution in [2.45, 2.75) is 19.8 Å². The molecule has 0 saturated heterocycles. The number of nitrogens with one attached hydrogen (secondary N) is 1. The monoisotopic (exact) mass is 304 g/mol. The van der Waals surface area contributed by atoms with Crippen LogP contribution in [0.15, 0.2) is 12.1 Å². The average Bonchev–Trinajstić information content (AvgIpc) is 3.11. The fourth-order valence-corrected chi connectivity index (χ4v) is 2.89. The van der Waals surface area contributed by atoms with Gasteiger partial charge in [-0.2, -0.15) is 0 Å². The molecule has 0 fully saturated rings. The third-order valence-corrected chi connectivity index (χ3v) is 4.02. The minimum absolute atomic E-state index is 0.666. The van der Waals surface area contributed by atoms with Gasteiger partial charge in [0.25, 0.3) is 0 Å². The first-order valence-corrected chi connectivity index (χ1v) is 7.47. The summed E-state index contributed by atoms with van der Waals surface area (Å²) in [6, 6.07) is 3.75. The van der Waals surface area contributed by atoms with Crippen LogP contribution in [0.4, 0.5) is 0 Å². The Balaban J connectivity index is 2.10. The van der Waals surface area contributed by atoms with Gasteiger partial charge in [0.1, 0.15) is 4.88 Å². The summed E-state index contributed by atoms with van der Waals surface area (Å²) in [4.78, 5) is 8.92. The number of benzene rings is 1. The van der Waals surface area contributed by atoms with E-state index >= 15 is 0 Å². The summed E-state index contributed by atoms with van der Waals surface area (Å²) in [6.07, 6.45) is 1.93. The fourth-order valence-electron chi connectivity index (χ4n) is 2.23. The van der Waals surface area contributed by atoms with Crippen LogP contribution in [-0.2, 0) is 6.42 Å². The standard InChI is InChI=1S/C14H16N4O2S/c1-4-5-8-13(21-18-17-8)14-15-9-6-11(19-2)12(20-3)7-10(9)16-14/h6-7H,4-5H2,1-3H3,(H,15,16). The molecule has 7 heteroatoms. The predicted molar refractivity (Wildman–Crippen MR) is 82.1 cm³/mol. The molecule has 0 amide bonds. The quantitative estimate of drug-likeness (QED) is 0.784. The predicted octanol–water partition coefficient (Wildman–Crippen LogP) is 3.05. The zero-order valence-corrected chi connectivity index (χ0v) is 13.0. The van der Waals surface area contributed by atoms with Crippen molar-refractivity contribution in [2.24, 2.45) is 0 Å². The highest BCUT2D eigenvalue weighted by atomic mass is 32.1. The normalized spacial score (nSPS) is 11.0. The third kappa shape index (κ3) is 2.44. The van der Waals surface area contributed by atoms with Crippen molar-refractivity contribution in [3.8, 4) is 22.2 Å². The van der Waals surface area contributed by atoms with E-state index in [0.29, 0.717) is 11.5 Å². The Morgan fingerprint density at radius 2 is 1.95 bits per heavy atom. The second-order valence-corrected chi connectivity index (χ2v) is 5.36. The van der Waals surface area contributed by atoms with Gasteiger partial charge < -0.3 is 14.5 Å². The van der Waals surface area contributed by atoms with E-state index in [1.165, 1.54) is 11.5 Å². The molecule has 3 rings (SSSR count). The van der Waals surface area contributed by atoms with E-state index in [1.54, 1.807) is 14.2 Å². The molecular weight excluding hydrogens is 288 g/mol. The van der Waals surface area contributed by atoms with Crippen molar-refractivity contribution in [1.29, 1.82) is 0 Å². The Morgan fingerprint density at radius 1 is 1.19 bits per heavy atom. The lowest BCUT2D eigenvalue weighted by Gasteiger charge is -2.06. The van der Waals surface area contributed by atoms with Gasteiger partial charge in [-0.05, 0) is 18.0 Å². The number of imidazole rings is 1. The van der Waals surface area contributed by atoms with Gasteiger partial charge in [0.15, 0.2) is 17.3 Å². The molecule has 0 aliphatic heterocycles. The van der Waals surface area contributed by atoms with Crippen molar-refractivity contribution in [1.82, 2.24) is 19.6 Å². The highest BCUT2D eigenvalue weighted by molar-refractivity contribution is 7.09. The Kier molecular flexibility index (Phi) is 3.74. The zero-order valence-electron chi connectivity index (χ0n) is 12.1. The van der Waals surface area contributed by atoms with Gasteiger partial charge in [-0.15, -0.1) is 5.10 Å². The van der Waals surface area contributed by atoms with Crippen LogP contribution in [0.3, 0.4) is 0 Å². The Labute approximate surface area is 126 Å². The van der Waals surface area contributed by atoms with Crippen LogP contribution in [0.2, 0.25) is 0 Å². The van der Waals surface area contributed by atoms with E-state index < -0.39 is 0 Å². The lowest BCUT2D eigenvalue weighted by molar-refractivity contribution is 0.356. The summed E-state index contributed by atoms with van der Waals surface area (Å²) in [5.74, 6) is 2.13. The highest BCUT2D eigenvalue weighted by Gasteiger charge is 2.15. The first kappa shape index (κ1) is 13.8. The molecule has 0 atom stereocenters. The summed E-state index contributed by atoms with van der Waals surface area (Å²) in [6.45, 7) is 2.12. The van der Waals surface area contributed by atoms with E-state index in [0.717, 1.165) is 40.3 Å². The molecule has 1 aromatic carbocycles. The van der Waals surface area contributed by atoms with Gasteiger partial charge in [-0.3, -0.25) is 0 Å². The van der Waals surface area contributed by atoms with Crippen LogP contribution in [0, 0.1) is 0 Å². The van der Waals surface area contributed by atoms with Crippen LogP contribution in [0.25, 0.3) is 21.7 Å². The maximum absolute atomic E-state index is 5.31. The summed E-state index contributed by atoms with van der Waals surface area (Å²) in [5.41, 5.74) is 2.72. The number of aromatic nitrogens is 4. The highest BCUT2D eigenvalue weighted by Crippen LogP contribution is 2.33. The number of H-pyrrole nitrogens is 1. The van der Waals surface area contributed by atoms with Crippen LogP contribution >= 0.6 is 11.5 Å². The summed E-state index contributed by atoms with van der Waals surface area (Å²) >= 11 is 1.36. The van der Waals surface area contributed by atoms with Crippen LogP contribution in [0.1, 0.15) is 19.0 Å². The molecular formula is C14H16N4O2S. The van der Waals surface area contributed by atoms with Gasteiger partial charge in [-0.25, -0.2) is 4.98 Å². The molecule has 0 aliphatic carbocycles. The van der Waals surface area contributed by atoms with Gasteiger partial charge in [0, 0.05) is 12.1 Å². The van der Waals surface area contributed by atoms with E-state index in [1.807, 2.05) is 12.1 Å². The molecule has 0 spiro atoms.